The summed E-state index contributed by atoms with van der Waals surface area (Å²) in [6.07, 6.45) is 3.46. The fraction of sp³-hybridized carbons (Fsp3) is 0.258. The average molecular weight is 468 g/mol. The first-order chi connectivity index (χ1) is 16.7. The zero-order valence-electron chi connectivity index (χ0n) is 21.6. The van der Waals surface area contributed by atoms with Crippen molar-refractivity contribution in [2.45, 2.75) is 48.5 Å². The SMILES string of the molecule is CCOc1c(/C(C)=C/C(=O)Nc2cc(C)cc(C)c2)cc2c(-c3ccc(C)cc3C)coc2c1C. The molecule has 0 spiro atoms. The summed E-state index contributed by atoms with van der Waals surface area (Å²) in [5.74, 6) is 0.573. The number of fused-ring (bicyclic) bond motifs is 1. The molecule has 1 amide bonds. The topological polar surface area (TPSA) is 51.5 Å². The highest BCUT2D eigenvalue weighted by molar-refractivity contribution is 6.06. The van der Waals surface area contributed by atoms with Crippen LogP contribution in [0.2, 0.25) is 0 Å². The number of rotatable bonds is 6. The van der Waals surface area contributed by atoms with Crippen molar-refractivity contribution in [1.29, 1.82) is 0 Å². The second-order valence-corrected chi connectivity index (χ2v) is 9.35. The van der Waals surface area contributed by atoms with E-state index in [1.807, 2.05) is 53.0 Å². The summed E-state index contributed by atoms with van der Waals surface area (Å²) in [5, 5.41) is 4.01. The van der Waals surface area contributed by atoms with Crippen molar-refractivity contribution in [1.82, 2.24) is 0 Å². The lowest BCUT2D eigenvalue weighted by Gasteiger charge is -2.15. The molecule has 0 aliphatic carbocycles. The molecule has 0 aliphatic rings. The summed E-state index contributed by atoms with van der Waals surface area (Å²) >= 11 is 0. The number of amides is 1. The van der Waals surface area contributed by atoms with E-state index in [2.05, 4.69) is 49.5 Å². The van der Waals surface area contributed by atoms with Crippen molar-refractivity contribution in [3.05, 3.63) is 88.2 Å². The van der Waals surface area contributed by atoms with E-state index in [-0.39, 0.29) is 5.91 Å². The van der Waals surface area contributed by atoms with Crippen LogP contribution in [0.15, 0.2) is 59.2 Å². The maximum atomic E-state index is 12.9. The smallest absolute Gasteiger partial charge is 0.248 e. The van der Waals surface area contributed by atoms with E-state index >= 15 is 0 Å². The van der Waals surface area contributed by atoms with Crippen LogP contribution < -0.4 is 10.1 Å². The number of benzene rings is 3. The summed E-state index contributed by atoms with van der Waals surface area (Å²) in [5.41, 5.74) is 11.1. The van der Waals surface area contributed by atoms with E-state index in [4.69, 9.17) is 9.15 Å². The first-order valence-electron chi connectivity index (χ1n) is 12.0. The van der Waals surface area contributed by atoms with Crippen molar-refractivity contribution in [2.24, 2.45) is 0 Å². The number of nitrogens with one attached hydrogen (secondary N) is 1. The van der Waals surface area contributed by atoms with Crippen LogP contribution in [0.1, 0.15) is 47.2 Å². The van der Waals surface area contributed by atoms with Gasteiger partial charge >= 0.3 is 0 Å². The molecule has 4 aromatic rings. The van der Waals surface area contributed by atoms with Crippen LogP contribution in [-0.2, 0) is 4.79 Å². The molecule has 0 bridgehead atoms. The minimum Gasteiger partial charge on any atom is -0.493 e. The molecule has 35 heavy (non-hydrogen) atoms. The van der Waals surface area contributed by atoms with Crippen molar-refractivity contribution in [3.8, 4) is 16.9 Å². The monoisotopic (exact) mass is 467 g/mol. The van der Waals surface area contributed by atoms with Gasteiger partial charge in [-0.1, -0.05) is 29.8 Å². The standard InChI is InChI=1S/C31H33NO3/c1-8-34-30-23(7)31-27(28(17-35-31)25-10-9-18(2)12-21(25)5)16-26(30)22(6)15-29(33)32-24-13-19(3)11-20(4)14-24/h9-17H,8H2,1-7H3,(H,32,33)/b22-15+. The normalized spacial score (nSPS) is 11.7. The molecular weight excluding hydrogens is 434 g/mol. The van der Waals surface area contributed by atoms with Crippen LogP contribution >= 0.6 is 0 Å². The number of anilines is 1. The van der Waals surface area contributed by atoms with E-state index < -0.39 is 0 Å². The molecule has 0 aliphatic heterocycles. The Morgan fingerprint density at radius 2 is 1.66 bits per heavy atom. The largest absolute Gasteiger partial charge is 0.493 e. The van der Waals surface area contributed by atoms with Gasteiger partial charge in [-0.2, -0.15) is 0 Å². The van der Waals surface area contributed by atoms with Crippen molar-refractivity contribution in [2.75, 3.05) is 11.9 Å². The minimum absolute atomic E-state index is 0.172. The van der Waals surface area contributed by atoms with Crippen molar-refractivity contribution < 1.29 is 13.9 Å². The Balaban J connectivity index is 1.80. The number of ether oxygens (including phenoxy) is 1. The molecule has 0 radical (unpaired) electrons. The zero-order valence-corrected chi connectivity index (χ0v) is 21.6. The van der Waals surface area contributed by atoms with Crippen LogP contribution in [0.3, 0.4) is 0 Å². The predicted octanol–water partition coefficient (Wildman–Crippen LogP) is 8.08. The van der Waals surface area contributed by atoms with Crippen LogP contribution in [-0.4, -0.2) is 12.5 Å². The molecule has 4 heteroatoms. The quantitative estimate of drug-likeness (QED) is 0.292. The fourth-order valence-corrected chi connectivity index (χ4v) is 4.76. The van der Waals surface area contributed by atoms with Gasteiger partial charge in [0, 0.05) is 33.8 Å². The second-order valence-electron chi connectivity index (χ2n) is 9.35. The van der Waals surface area contributed by atoms with E-state index in [1.54, 1.807) is 6.08 Å². The minimum atomic E-state index is -0.172. The van der Waals surface area contributed by atoms with Gasteiger partial charge in [-0.25, -0.2) is 0 Å². The van der Waals surface area contributed by atoms with Gasteiger partial charge in [0.25, 0.3) is 0 Å². The Morgan fingerprint density at radius 3 is 2.31 bits per heavy atom. The maximum Gasteiger partial charge on any atom is 0.248 e. The number of allylic oxidation sites excluding steroid dienone is 1. The third-order valence-electron chi connectivity index (χ3n) is 6.27. The van der Waals surface area contributed by atoms with Crippen molar-refractivity contribution in [3.63, 3.8) is 0 Å². The van der Waals surface area contributed by atoms with E-state index in [9.17, 15) is 4.79 Å². The molecular formula is C31H33NO3. The van der Waals surface area contributed by atoms with E-state index in [1.165, 1.54) is 11.1 Å². The summed E-state index contributed by atoms with van der Waals surface area (Å²) in [6.45, 7) is 14.7. The van der Waals surface area contributed by atoms with E-state index in [0.29, 0.717) is 6.61 Å². The first-order valence-corrected chi connectivity index (χ1v) is 12.0. The van der Waals surface area contributed by atoms with Gasteiger partial charge in [0.1, 0.15) is 11.3 Å². The Hall–Kier alpha value is -3.79. The lowest BCUT2D eigenvalue weighted by molar-refractivity contribution is -0.111. The summed E-state index contributed by atoms with van der Waals surface area (Å²) in [7, 11) is 0. The lowest BCUT2D eigenvalue weighted by Crippen LogP contribution is -2.09. The van der Waals surface area contributed by atoms with Gasteiger partial charge in [0.2, 0.25) is 5.91 Å². The van der Waals surface area contributed by atoms with Gasteiger partial charge in [0.05, 0.1) is 12.9 Å². The molecule has 0 unspecified atom stereocenters. The van der Waals surface area contributed by atoms with Gasteiger partial charge in [-0.15, -0.1) is 0 Å². The van der Waals surface area contributed by atoms with Crippen LogP contribution in [0.5, 0.6) is 5.75 Å². The molecule has 0 saturated carbocycles. The molecule has 1 heterocycles. The molecule has 1 aromatic heterocycles. The van der Waals surface area contributed by atoms with Gasteiger partial charge < -0.3 is 14.5 Å². The van der Waals surface area contributed by atoms with Crippen LogP contribution in [0.4, 0.5) is 5.69 Å². The zero-order chi connectivity index (χ0) is 25.3. The van der Waals surface area contributed by atoms with Crippen LogP contribution in [0, 0.1) is 34.6 Å². The van der Waals surface area contributed by atoms with Crippen LogP contribution in [0.25, 0.3) is 27.7 Å². The second kappa shape index (κ2) is 9.83. The highest BCUT2D eigenvalue weighted by Gasteiger charge is 2.20. The molecule has 4 nitrogen and oxygen atoms in total. The highest BCUT2D eigenvalue weighted by Crippen LogP contribution is 2.41. The molecule has 0 saturated heterocycles. The van der Waals surface area contributed by atoms with E-state index in [0.717, 1.165) is 61.4 Å². The molecule has 4 rings (SSSR count). The first kappa shape index (κ1) is 24.3. The van der Waals surface area contributed by atoms with Gasteiger partial charge in [-0.3, -0.25) is 4.79 Å². The molecule has 180 valence electrons. The average Bonchev–Trinajstić information content (AvgIpc) is 3.18. The molecule has 3 aromatic carbocycles. The molecule has 1 N–H and O–H groups in total. The van der Waals surface area contributed by atoms with Crippen molar-refractivity contribution >= 4 is 28.1 Å². The Kier molecular flexibility index (Phi) is 6.83. The highest BCUT2D eigenvalue weighted by atomic mass is 16.5. The van der Waals surface area contributed by atoms with Gasteiger partial charge in [0.15, 0.2) is 0 Å². The lowest BCUT2D eigenvalue weighted by atomic mass is 9.94. The number of carbonyl (C=O) groups excluding carboxylic acids is 1. The fourth-order valence-electron chi connectivity index (χ4n) is 4.76. The molecule has 0 atom stereocenters. The summed E-state index contributed by atoms with van der Waals surface area (Å²) < 4.78 is 12.1. The third kappa shape index (κ3) is 5.02. The van der Waals surface area contributed by atoms with Gasteiger partial charge in [-0.05, 0) is 94.5 Å². The predicted molar refractivity (Wildman–Crippen MR) is 145 cm³/mol. The number of hydrogen-bond acceptors (Lipinski definition) is 3. The Morgan fingerprint density at radius 1 is 0.943 bits per heavy atom. The summed E-state index contributed by atoms with van der Waals surface area (Å²) in [6, 6.07) is 14.5. The third-order valence-corrected chi connectivity index (χ3v) is 6.27. The Labute approximate surface area is 207 Å². The maximum absolute atomic E-state index is 12.9. The number of furan rings is 1. The number of hydrogen-bond donors (Lipinski definition) is 1. The Bertz CT molecular complexity index is 1440. The summed E-state index contributed by atoms with van der Waals surface area (Å²) in [4.78, 5) is 12.9. The number of carbonyl (C=O) groups is 1. The number of aryl methyl sites for hydroxylation is 5. The molecule has 0 fully saturated rings.